The van der Waals surface area contributed by atoms with Gasteiger partial charge in [-0.05, 0) is 10.9 Å². The fourth-order valence-electron chi connectivity index (χ4n) is 0.306. The highest BCUT2D eigenvalue weighted by Gasteiger charge is 2.07. The highest BCUT2D eigenvalue weighted by atomic mass is 32.3. The van der Waals surface area contributed by atoms with E-state index in [0.29, 0.717) is 5.75 Å². The molecule has 0 atom stereocenters. The van der Waals surface area contributed by atoms with Crippen molar-refractivity contribution in [3.8, 4) is 0 Å². The summed E-state index contributed by atoms with van der Waals surface area (Å²) in [4.78, 5) is 0. The first-order valence-corrected chi connectivity index (χ1v) is 6.15. The molecule has 1 N–H and O–H groups in total. The molecule has 0 saturated heterocycles. The zero-order chi connectivity index (χ0) is 8.20. The van der Waals surface area contributed by atoms with Gasteiger partial charge in [-0.25, -0.2) is 4.18 Å². The van der Waals surface area contributed by atoms with Crippen LogP contribution in [0.3, 0.4) is 0 Å². The van der Waals surface area contributed by atoms with Crippen molar-refractivity contribution in [3.05, 3.63) is 0 Å². The van der Waals surface area contributed by atoms with E-state index in [0.717, 1.165) is 0 Å². The SMILES string of the molecule is C[S+](C)CCOS(=O)(=O)O. The van der Waals surface area contributed by atoms with Crippen molar-refractivity contribution in [2.24, 2.45) is 0 Å². The van der Waals surface area contributed by atoms with Crippen molar-refractivity contribution in [1.82, 2.24) is 0 Å². The van der Waals surface area contributed by atoms with Crippen molar-refractivity contribution in [3.63, 3.8) is 0 Å². The molecule has 0 aromatic rings. The molecule has 0 aliphatic carbocycles. The van der Waals surface area contributed by atoms with Crippen LogP contribution < -0.4 is 0 Å². The summed E-state index contributed by atoms with van der Waals surface area (Å²) in [7, 11) is -4.07. The average Bonchev–Trinajstić information content (AvgIpc) is 1.59. The third-order valence-electron chi connectivity index (χ3n) is 0.724. The highest BCUT2D eigenvalue weighted by molar-refractivity contribution is 7.95. The molecule has 0 spiro atoms. The van der Waals surface area contributed by atoms with Crippen LogP contribution in [0.1, 0.15) is 0 Å². The van der Waals surface area contributed by atoms with Gasteiger partial charge in [0.1, 0.15) is 12.4 Å². The Morgan fingerprint density at radius 3 is 2.30 bits per heavy atom. The van der Waals surface area contributed by atoms with Crippen LogP contribution in [-0.4, -0.2) is 37.8 Å². The van der Waals surface area contributed by atoms with Gasteiger partial charge in [0.2, 0.25) is 0 Å². The third kappa shape index (κ3) is 8.22. The normalized spacial score (nSPS) is 12.4. The first kappa shape index (κ1) is 10.2. The molecule has 0 saturated carbocycles. The van der Waals surface area contributed by atoms with Crippen molar-refractivity contribution in [2.75, 3.05) is 24.9 Å². The molecule has 0 amide bonds. The van der Waals surface area contributed by atoms with Crippen molar-refractivity contribution < 1.29 is 17.2 Å². The number of hydrogen-bond acceptors (Lipinski definition) is 3. The van der Waals surface area contributed by atoms with Crippen molar-refractivity contribution in [2.45, 2.75) is 0 Å². The Hall–Kier alpha value is 0.220. The molecule has 4 nitrogen and oxygen atoms in total. The molecule has 6 heteroatoms. The molecule has 0 aliphatic heterocycles. The van der Waals surface area contributed by atoms with Crippen LogP contribution in [0.4, 0.5) is 0 Å². The van der Waals surface area contributed by atoms with Gasteiger partial charge in [0.15, 0.2) is 0 Å². The maximum Gasteiger partial charge on any atom is 0.397 e. The molecule has 0 aromatic heterocycles. The molecule has 62 valence electrons. The summed E-state index contributed by atoms with van der Waals surface area (Å²) in [5.41, 5.74) is 0. The standard InChI is InChI=1S/C4H10O4S2/c1-9(2)4-3-8-10(5,6)7/h3-4H2,1-2H3/p+1. The Balaban J connectivity index is 3.39. The van der Waals surface area contributed by atoms with Crippen molar-refractivity contribution >= 4 is 21.3 Å². The highest BCUT2D eigenvalue weighted by Crippen LogP contribution is 1.89. The quantitative estimate of drug-likeness (QED) is 0.484. The predicted octanol–water partition coefficient (Wildman–Crippen LogP) is -0.316. The molecular formula is C4H11O4S2+. The van der Waals surface area contributed by atoms with E-state index < -0.39 is 10.4 Å². The maximum absolute atomic E-state index is 9.95. The molecule has 10 heavy (non-hydrogen) atoms. The molecular weight excluding hydrogens is 176 g/mol. The van der Waals surface area contributed by atoms with Crippen LogP contribution in [0.25, 0.3) is 0 Å². The summed E-state index contributed by atoms with van der Waals surface area (Å²) in [5.74, 6) is 0.653. The second-order valence-electron chi connectivity index (χ2n) is 1.94. The maximum atomic E-state index is 9.95. The Labute approximate surface area is 63.9 Å². The van der Waals surface area contributed by atoms with Gasteiger partial charge in [0, 0.05) is 0 Å². The van der Waals surface area contributed by atoms with Gasteiger partial charge in [-0.2, -0.15) is 8.42 Å². The second-order valence-corrected chi connectivity index (χ2v) is 5.41. The van der Waals surface area contributed by atoms with Crippen LogP contribution in [0.2, 0.25) is 0 Å². The summed E-state index contributed by atoms with van der Waals surface area (Å²) in [5, 5.41) is 0. The minimum absolute atomic E-state index is 0.0644. The minimum atomic E-state index is -4.22. The molecule has 0 unspecified atom stereocenters. The van der Waals surface area contributed by atoms with Gasteiger partial charge in [0.25, 0.3) is 0 Å². The van der Waals surface area contributed by atoms with E-state index in [9.17, 15) is 8.42 Å². The summed E-state index contributed by atoms with van der Waals surface area (Å²) < 4.78 is 32.1. The molecule has 0 fully saturated rings. The Bertz CT molecular complexity index is 172. The van der Waals surface area contributed by atoms with E-state index >= 15 is 0 Å². The van der Waals surface area contributed by atoms with Crippen LogP contribution >= 0.6 is 0 Å². The Morgan fingerprint density at radius 1 is 1.50 bits per heavy atom. The lowest BCUT2D eigenvalue weighted by atomic mass is 10.9. The van der Waals surface area contributed by atoms with Gasteiger partial charge < -0.3 is 0 Å². The zero-order valence-electron chi connectivity index (χ0n) is 5.90. The van der Waals surface area contributed by atoms with Crippen LogP contribution in [0.5, 0.6) is 0 Å². The summed E-state index contributed by atoms with van der Waals surface area (Å²) >= 11 is 0. The van der Waals surface area contributed by atoms with E-state index in [2.05, 4.69) is 4.18 Å². The van der Waals surface area contributed by atoms with Gasteiger partial charge in [-0.15, -0.1) is 0 Å². The van der Waals surface area contributed by atoms with E-state index in [1.807, 2.05) is 12.5 Å². The lowest BCUT2D eigenvalue weighted by Crippen LogP contribution is -2.13. The van der Waals surface area contributed by atoms with Gasteiger partial charge in [-0.3, -0.25) is 4.55 Å². The van der Waals surface area contributed by atoms with Crippen LogP contribution in [-0.2, 0) is 25.5 Å². The van der Waals surface area contributed by atoms with Crippen LogP contribution in [0, 0.1) is 0 Å². The monoisotopic (exact) mass is 187 g/mol. The van der Waals surface area contributed by atoms with Gasteiger partial charge in [-0.1, -0.05) is 0 Å². The van der Waals surface area contributed by atoms with Gasteiger partial charge >= 0.3 is 10.4 Å². The first-order valence-electron chi connectivity index (χ1n) is 2.58. The predicted molar refractivity (Wildman–Crippen MR) is 41.6 cm³/mol. The van der Waals surface area contributed by atoms with E-state index in [-0.39, 0.29) is 17.5 Å². The minimum Gasteiger partial charge on any atom is -0.264 e. The Morgan fingerprint density at radius 2 is 2.00 bits per heavy atom. The van der Waals surface area contributed by atoms with Crippen molar-refractivity contribution in [1.29, 1.82) is 0 Å². The van der Waals surface area contributed by atoms with E-state index in [1.165, 1.54) is 0 Å². The summed E-state index contributed by atoms with van der Waals surface area (Å²) in [6.45, 7) is 0.0644. The zero-order valence-corrected chi connectivity index (χ0v) is 7.54. The molecule has 0 aromatic carbocycles. The largest absolute Gasteiger partial charge is 0.397 e. The smallest absolute Gasteiger partial charge is 0.264 e. The fourth-order valence-corrected chi connectivity index (χ4v) is 1.12. The topological polar surface area (TPSA) is 63.6 Å². The molecule has 0 aliphatic rings. The molecule has 0 bridgehead atoms. The molecule has 0 radical (unpaired) electrons. The Kier molecular flexibility index (Phi) is 4.26. The van der Waals surface area contributed by atoms with Gasteiger partial charge in [0.05, 0.1) is 12.5 Å². The second kappa shape index (κ2) is 4.17. The molecule has 0 heterocycles. The average molecular weight is 187 g/mol. The number of rotatable bonds is 4. The fraction of sp³-hybridized carbons (Fsp3) is 1.00. The molecule has 0 rings (SSSR count). The lowest BCUT2D eigenvalue weighted by Gasteiger charge is -1.96. The van der Waals surface area contributed by atoms with E-state index in [4.69, 9.17) is 4.55 Å². The lowest BCUT2D eigenvalue weighted by molar-refractivity contribution is 0.285. The summed E-state index contributed by atoms with van der Waals surface area (Å²) in [6.07, 6.45) is 3.93. The van der Waals surface area contributed by atoms with Crippen LogP contribution in [0.15, 0.2) is 0 Å². The first-order chi connectivity index (χ1) is 4.42. The third-order valence-corrected chi connectivity index (χ3v) is 2.17. The summed E-state index contributed by atoms with van der Waals surface area (Å²) in [6, 6.07) is 0. The van der Waals surface area contributed by atoms with E-state index in [1.54, 1.807) is 0 Å². The number of hydrogen-bond donors (Lipinski definition) is 1.